The molecule has 0 aliphatic rings. The lowest BCUT2D eigenvalue weighted by Gasteiger charge is -2.02. The molecule has 0 amide bonds. The Balaban J connectivity index is 2.23. The van der Waals surface area contributed by atoms with Crippen LogP contribution in [-0.2, 0) is 6.54 Å². The Kier molecular flexibility index (Phi) is 2.37. The fraction of sp³-hybridized carbons (Fsp3) is 0.300. The highest BCUT2D eigenvalue weighted by Gasteiger charge is 2.15. The van der Waals surface area contributed by atoms with Crippen molar-refractivity contribution in [1.82, 2.24) is 9.55 Å². The van der Waals surface area contributed by atoms with Crippen molar-refractivity contribution in [3.63, 3.8) is 0 Å². The van der Waals surface area contributed by atoms with Crippen LogP contribution in [0, 0.1) is 0 Å². The first-order valence-corrected chi connectivity index (χ1v) is 4.54. The minimum atomic E-state index is -0.766. The van der Waals surface area contributed by atoms with Gasteiger partial charge in [-0.25, -0.2) is 4.98 Å². The quantitative estimate of drug-likeness (QED) is 0.803. The van der Waals surface area contributed by atoms with Crippen LogP contribution in [0.3, 0.4) is 0 Å². The van der Waals surface area contributed by atoms with Gasteiger partial charge in [-0.05, 0) is 19.1 Å². The zero-order chi connectivity index (χ0) is 9.97. The van der Waals surface area contributed by atoms with Gasteiger partial charge in [0.25, 0.3) is 0 Å². The number of furan rings is 1. The molecule has 4 heteroatoms. The lowest BCUT2D eigenvalue weighted by Crippen LogP contribution is -1.98. The third kappa shape index (κ3) is 1.56. The van der Waals surface area contributed by atoms with Crippen molar-refractivity contribution in [3.8, 4) is 0 Å². The number of aliphatic hydroxyl groups excluding tert-OH is 1. The normalized spacial score (nSPS) is 13.0. The van der Waals surface area contributed by atoms with Crippen molar-refractivity contribution in [2.24, 2.45) is 0 Å². The van der Waals surface area contributed by atoms with Gasteiger partial charge in [-0.3, -0.25) is 0 Å². The van der Waals surface area contributed by atoms with Gasteiger partial charge < -0.3 is 14.1 Å². The number of nitrogens with zero attached hydrogens (tertiary/aromatic N) is 2. The summed E-state index contributed by atoms with van der Waals surface area (Å²) in [7, 11) is 0. The molecular weight excluding hydrogens is 180 g/mol. The summed E-state index contributed by atoms with van der Waals surface area (Å²) in [6.07, 6.45) is 4.28. The molecule has 2 rings (SSSR count). The second-order valence-electron chi connectivity index (χ2n) is 3.05. The minimum Gasteiger partial charge on any atom is -0.466 e. The third-order valence-electron chi connectivity index (χ3n) is 2.11. The first kappa shape index (κ1) is 9.02. The number of aryl methyl sites for hydroxylation is 1. The van der Waals surface area contributed by atoms with E-state index in [1.807, 2.05) is 17.7 Å². The second-order valence-corrected chi connectivity index (χ2v) is 3.05. The van der Waals surface area contributed by atoms with E-state index in [1.165, 1.54) is 6.26 Å². The zero-order valence-electron chi connectivity index (χ0n) is 7.92. The molecule has 2 heterocycles. The van der Waals surface area contributed by atoms with Gasteiger partial charge >= 0.3 is 0 Å². The maximum atomic E-state index is 9.82. The van der Waals surface area contributed by atoms with Crippen molar-refractivity contribution in [2.45, 2.75) is 19.6 Å². The molecule has 0 aliphatic heterocycles. The van der Waals surface area contributed by atoms with Gasteiger partial charge in [0.15, 0.2) is 6.10 Å². The first-order chi connectivity index (χ1) is 6.81. The van der Waals surface area contributed by atoms with Crippen molar-refractivity contribution in [1.29, 1.82) is 0 Å². The fourth-order valence-corrected chi connectivity index (χ4v) is 1.28. The molecule has 0 saturated carbocycles. The number of aromatic nitrogens is 2. The maximum absolute atomic E-state index is 9.82. The maximum Gasteiger partial charge on any atom is 0.155 e. The highest BCUT2D eigenvalue weighted by atomic mass is 16.4. The molecule has 2 aromatic heterocycles. The first-order valence-electron chi connectivity index (χ1n) is 4.54. The molecule has 74 valence electrons. The summed E-state index contributed by atoms with van der Waals surface area (Å²) in [4.78, 5) is 4.10. The van der Waals surface area contributed by atoms with Gasteiger partial charge in [-0.2, -0.15) is 0 Å². The molecule has 0 spiro atoms. The van der Waals surface area contributed by atoms with Crippen LogP contribution < -0.4 is 0 Å². The summed E-state index contributed by atoms with van der Waals surface area (Å²) < 4.78 is 7.00. The Morgan fingerprint density at radius 3 is 3.07 bits per heavy atom. The highest BCUT2D eigenvalue weighted by molar-refractivity contribution is 5.14. The summed E-state index contributed by atoms with van der Waals surface area (Å²) >= 11 is 0. The summed E-state index contributed by atoms with van der Waals surface area (Å²) in [6, 6.07) is 3.48. The third-order valence-corrected chi connectivity index (χ3v) is 2.11. The molecule has 1 unspecified atom stereocenters. The van der Waals surface area contributed by atoms with E-state index >= 15 is 0 Å². The van der Waals surface area contributed by atoms with E-state index in [9.17, 15) is 5.11 Å². The standard InChI is InChI=1S/C10H12N2O2/c1-2-12-6-8(11-7-12)10(13)9-4-3-5-14-9/h3-7,10,13H,2H2,1H3. The molecule has 4 nitrogen and oxygen atoms in total. The number of imidazole rings is 1. The van der Waals surface area contributed by atoms with E-state index in [4.69, 9.17) is 4.42 Å². The SMILES string of the molecule is CCn1cnc(C(O)c2ccco2)c1. The van der Waals surface area contributed by atoms with Crippen LogP contribution in [0.4, 0.5) is 0 Å². The lowest BCUT2D eigenvalue weighted by molar-refractivity contribution is 0.185. The van der Waals surface area contributed by atoms with E-state index in [0.717, 1.165) is 6.54 Å². The molecule has 0 fully saturated rings. The van der Waals surface area contributed by atoms with Crippen LogP contribution in [0.2, 0.25) is 0 Å². The molecule has 2 aromatic rings. The molecule has 14 heavy (non-hydrogen) atoms. The van der Waals surface area contributed by atoms with Gasteiger partial charge in [-0.15, -0.1) is 0 Å². The summed E-state index contributed by atoms with van der Waals surface area (Å²) in [6.45, 7) is 2.86. The van der Waals surface area contributed by atoms with Crippen molar-refractivity contribution in [3.05, 3.63) is 42.4 Å². The minimum absolute atomic E-state index is 0.520. The molecular formula is C10H12N2O2. The average molecular weight is 192 g/mol. The Bertz CT molecular complexity index is 392. The van der Waals surface area contributed by atoms with Crippen molar-refractivity contribution < 1.29 is 9.52 Å². The monoisotopic (exact) mass is 192 g/mol. The Labute approximate surface area is 81.8 Å². The van der Waals surface area contributed by atoms with E-state index < -0.39 is 6.10 Å². The Morgan fingerprint density at radius 1 is 1.64 bits per heavy atom. The molecule has 0 saturated heterocycles. The molecule has 0 radical (unpaired) electrons. The van der Waals surface area contributed by atoms with Crippen LogP contribution in [0.5, 0.6) is 0 Å². The number of hydrogen-bond donors (Lipinski definition) is 1. The van der Waals surface area contributed by atoms with E-state index in [0.29, 0.717) is 11.5 Å². The van der Waals surface area contributed by atoms with Crippen molar-refractivity contribution in [2.75, 3.05) is 0 Å². The predicted molar refractivity (Wildman–Crippen MR) is 50.7 cm³/mol. The van der Waals surface area contributed by atoms with Gasteiger partial charge in [0.05, 0.1) is 18.3 Å². The van der Waals surface area contributed by atoms with Crippen LogP contribution in [-0.4, -0.2) is 14.7 Å². The Hall–Kier alpha value is -1.55. The van der Waals surface area contributed by atoms with Crippen LogP contribution in [0.25, 0.3) is 0 Å². The number of aliphatic hydroxyl groups is 1. The number of hydrogen-bond acceptors (Lipinski definition) is 3. The molecule has 0 aliphatic carbocycles. The molecule has 0 bridgehead atoms. The van der Waals surface area contributed by atoms with Gasteiger partial charge in [-0.1, -0.05) is 0 Å². The molecule has 0 aromatic carbocycles. The second kappa shape index (κ2) is 3.67. The zero-order valence-corrected chi connectivity index (χ0v) is 7.92. The Morgan fingerprint density at radius 2 is 2.50 bits per heavy atom. The molecule has 1 atom stereocenters. The van der Waals surface area contributed by atoms with Gasteiger partial charge in [0, 0.05) is 12.7 Å². The summed E-state index contributed by atoms with van der Waals surface area (Å²) in [5.74, 6) is 0.520. The summed E-state index contributed by atoms with van der Waals surface area (Å²) in [5.41, 5.74) is 0.613. The van der Waals surface area contributed by atoms with Crippen LogP contribution >= 0.6 is 0 Å². The lowest BCUT2D eigenvalue weighted by atomic mass is 10.2. The predicted octanol–water partition coefficient (Wildman–Crippen LogP) is 1.58. The smallest absolute Gasteiger partial charge is 0.155 e. The highest BCUT2D eigenvalue weighted by Crippen LogP contribution is 2.20. The van der Waals surface area contributed by atoms with Crippen LogP contribution in [0.15, 0.2) is 35.3 Å². The van der Waals surface area contributed by atoms with Gasteiger partial charge in [0.1, 0.15) is 5.76 Å². The fourth-order valence-electron chi connectivity index (χ4n) is 1.28. The topological polar surface area (TPSA) is 51.2 Å². The van der Waals surface area contributed by atoms with E-state index in [1.54, 1.807) is 18.5 Å². The number of rotatable bonds is 3. The average Bonchev–Trinajstić information content (AvgIpc) is 2.88. The largest absolute Gasteiger partial charge is 0.466 e. The van der Waals surface area contributed by atoms with E-state index in [2.05, 4.69) is 4.98 Å². The van der Waals surface area contributed by atoms with Crippen LogP contribution in [0.1, 0.15) is 24.5 Å². The van der Waals surface area contributed by atoms with Gasteiger partial charge in [0.2, 0.25) is 0 Å². The molecule has 1 N–H and O–H groups in total. The van der Waals surface area contributed by atoms with E-state index in [-0.39, 0.29) is 0 Å². The summed E-state index contributed by atoms with van der Waals surface area (Å²) in [5, 5.41) is 9.82. The van der Waals surface area contributed by atoms with Crippen molar-refractivity contribution >= 4 is 0 Å².